The van der Waals surface area contributed by atoms with E-state index in [0.29, 0.717) is 31.1 Å². The molecule has 0 unspecified atom stereocenters. The molecule has 1 heterocycles. The summed E-state index contributed by atoms with van der Waals surface area (Å²) >= 11 is 3.46. The minimum atomic E-state index is -3.10. The monoisotopic (exact) mass is 479 g/mol. The quantitative estimate of drug-likeness (QED) is 0.593. The van der Waals surface area contributed by atoms with Crippen LogP contribution in [0.4, 0.5) is 0 Å². The van der Waals surface area contributed by atoms with Crippen LogP contribution in [0.3, 0.4) is 0 Å². The van der Waals surface area contributed by atoms with Crippen molar-refractivity contribution in [3.05, 3.63) is 64.1 Å². The zero-order valence-corrected chi connectivity index (χ0v) is 19.1. The molecule has 1 amide bonds. The van der Waals surface area contributed by atoms with Crippen LogP contribution in [-0.2, 0) is 16.4 Å². The second-order valence-electron chi connectivity index (χ2n) is 7.85. The number of carbonyl (C=O) groups excluding carboxylic acids is 1. The first-order valence-corrected chi connectivity index (χ1v) is 12.3. The highest BCUT2D eigenvalue weighted by Gasteiger charge is 2.35. The van der Waals surface area contributed by atoms with Crippen LogP contribution < -0.4 is 4.74 Å². The Morgan fingerprint density at radius 3 is 2.52 bits per heavy atom. The SMILES string of the molecule is CC(C)COc1ccc(C(=O)N(Cc2cccc(Br)c2)[C@H]2CCS(=O)(=O)C2)cc1. The average Bonchev–Trinajstić information content (AvgIpc) is 3.04. The molecule has 0 radical (unpaired) electrons. The predicted octanol–water partition coefficient (Wildman–Crippen LogP) is 4.31. The molecule has 29 heavy (non-hydrogen) atoms. The van der Waals surface area contributed by atoms with Gasteiger partial charge in [-0.2, -0.15) is 0 Å². The summed E-state index contributed by atoms with van der Waals surface area (Å²) in [5, 5.41) is 0. The summed E-state index contributed by atoms with van der Waals surface area (Å²) in [6.45, 7) is 5.13. The van der Waals surface area contributed by atoms with E-state index in [4.69, 9.17) is 4.74 Å². The van der Waals surface area contributed by atoms with E-state index in [-0.39, 0.29) is 23.5 Å². The fourth-order valence-corrected chi connectivity index (χ4v) is 5.52. The van der Waals surface area contributed by atoms with Crippen LogP contribution in [0.1, 0.15) is 36.2 Å². The number of halogens is 1. The molecule has 5 nitrogen and oxygen atoms in total. The first-order chi connectivity index (χ1) is 13.7. The van der Waals surface area contributed by atoms with Gasteiger partial charge in [0.05, 0.1) is 18.1 Å². The van der Waals surface area contributed by atoms with Crippen molar-refractivity contribution in [2.24, 2.45) is 5.92 Å². The lowest BCUT2D eigenvalue weighted by molar-refractivity contribution is 0.0681. The summed E-state index contributed by atoms with van der Waals surface area (Å²) in [6.07, 6.45) is 0.470. The predicted molar refractivity (Wildman–Crippen MR) is 118 cm³/mol. The molecule has 1 fully saturated rings. The molecule has 1 aliphatic rings. The van der Waals surface area contributed by atoms with Gasteiger partial charge in [-0.3, -0.25) is 4.79 Å². The van der Waals surface area contributed by atoms with Crippen molar-refractivity contribution in [3.8, 4) is 5.75 Å². The van der Waals surface area contributed by atoms with E-state index in [0.717, 1.165) is 15.8 Å². The Bertz CT molecular complexity index is 957. The second kappa shape index (κ2) is 9.30. The molecule has 156 valence electrons. The third-order valence-electron chi connectivity index (χ3n) is 4.84. The fourth-order valence-electron chi connectivity index (χ4n) is 3.34. The summed E-state index contributed by atoms with van der Waals surface area (Å²) in [4.78, 5) is 15.0. The van der Waals surface area contributed by atoms with Gasteiger partial charge in [0.1, 0.15) is 5.75 Å². The zero-order chi connectivity index (χ0) is 21.0. The van der Waals surface area contributed by atoms with Crippen LogP contribution in [-0.4, -0.2) is 43.4 Å². The number of hydrogen-bond acceptors (Lipinski definition) is 4. The molecule has 1 aliphatic heterocycles. The number of rotatable bonds is 7. The molecule has 0 aliphatic carbocycles. The maximum atomic E-state index is 13.3. The summed E-state index contributed by atoms with van der Waals surface area (Å²) in [6, 6.07) is 14.5. The molecule has 0 bridgehead atoms. The Morgan fingerprint density at radius 2 is 1.93 bits per heavy atom. The Balaban J connectivity index is 1.82. The second-order valence-corrected chi connectivity index (χ2v) is 11.0. The summed E-state index contributed by atoms with van der Waals surface area (Å²) in [7, 11) is -3.10. The Kier molecular flexibility index (Phi) is 7.01. The van der Waals surface area contributed by atoms with Gasteiger partial charge in [-0.15, -0.1) is 0 Å². The van der Waals surface area contributed by atoms with Gasteiger partial charge in [-0.1, -0.05) is 41.9 Å². The molecule has 7 heteroatoms. The van der Waals surface area contributed by atoms with Crippen molar-refractivity contribution in [2.75, 3.05) is 18.1 Å². The minimum absolute atomic E-state index is 0.0162. The number of amides is 1. The van der Waals surface area contributed by atoms with Gasteiger partial charge in [0.15, 0.2) is 9.84 Å². The van der Waals surface area contributed by atoms with Crippen molar-refractivity contribution in [2.45, 2.75) is 32.9 Å². The van der Waals surface area contributed by atoms with E-state index >= 15 is 0 Å². The first-order valence-electron chi connectivity index (χ1n) is 9.72. The highest BCUT2D eigenvalue weighted by atomic mass is 79.9. The molecule has 2 aromatic carbocycles. The van der Waals surface area contributed by atoms with E-state index in [2.05, 4.69) is 29.8 Å². The highest BCUT2D eigenvalue weighted by molar-refractivity contribution is 9.10. The van der Waals surface area contributed by atoms with Crippen molar-refractivity contribution in [3.63, 3.8) is 0 Å². The Labute approximate surface area is 181 Å². The first kappa shape index (κ1) is 21.8. The van der Waals surface area contributed by atoms with E-state index in [9.17, 15) is 13.2 Å². The Morgan fingerprint density at radius 1 is 1.21 bits per heavy atom. The van der Waals surface area contributed by atoms with Crippen LogP contribution in [0.25, 0.3) is 0 Å². The maximum Gasteiger partial charge on any atom is 0.254 e. The number of benzene rings is 2. The van der Waals surface area contributed by atoms with E-state index in [1.54, 1.807) is 29.2 Å². The van der Waals surface area contributed by atoms with E-state index in [1.165, 1.54) is 0 Å². The number of carbonyl (C=O) groups is 1. The largest absolute Gasteiger partial charge is 0.493 e. The number of ether oxygens (including phenoxy) is 1. The molecule has 0 N–H and O–H groups in total. The van der Waals surface area contributed by atoms with Crippen molar-refractivity contribution in [1.82, 2.24) is 4.90 Å². The normalized spacial score (nSPS) is 18.0. The summed E-state index contributed by atoms with van der Waals surface area (Å²) in [5.74, 6) is 1.12. The Hall–Kier alpha value is -1.86. The molecule has 2 aromatic rings. The molecule has 1 saturated heterocycles. The van der Waals surface area contributed by atoms with E-state index < -0.39 is 9.84 Å². The van der Waals surface area contributed by atoms with Crippen LogP contribution in [0.2, 0.25) is 0 Å². The highest BCUT2D eigenvalue weighted by Crippen LogP contribution is 2.24. The molecular formula is C22H26BrNO4S. The van der Waals surface area contributed by atoms with Crippen molar-refractivity contribution < 1.29 is 17.9 Å². The standard InChI is InChI=1S/C22H26BrNO4S/c1-16(2)14-28-21-8-6-18(7-9-21)22(25)24(20-10-11-29(26,27)15-20)13-17-4-3-5-19(23)12-17/h3-9,12,16,20H,10-11,13-15H2,1-2H3/t20-/m0/s1. The topological polar surface area (TPSA) is 63.7 Å². The minimum Gasteiger partial charge on any atom is -0.493 e. The van der Waals surface area contributed by atoms with Crippen molar-refractivity contribution >= 4 is 31.7 Å². The van der Waals surface area contributed by atoms with E-state index in [1.807, 2.05) is 24.3 Å². The van der Waals surface area contributed by atoms with Gasteiger partial charge < -0.3 is 9.64 Å². The van der Waals surface area contributed by atoms with Crippen LogP contribution in [0.5, 0.6) is 5.75 Å². The summed E-state index contributed by atoms with van der Waals surface area (Å²) < 4.78 is 30.7. The van der Waals surface area contributed by atoms with Gasteiger partial charge >= 0.3 is 0 Å². The number of sulfone groups is 1. The molecule has 0 aromatic heterocycles. The third-order valence-corrected chi connectivity index (χ3v) is 7.08. The lowest BCUT2D eigenvalue weighted by Crippen LogP contribution is -2.40. The molecule has 0 spiro atoms. The van der Waals surface area contributed by atoms with Crippen LogP contribution in [0.15, 0.2) is 53.0 Å². The molecule has 3 rings (SSSR count). The van der Waals surface area contributed by atoms with Gasteiger partial charge in [-0.05, 0) is 54.3 Å². The molecule has 0 saturated carbocycles. The van der Waals surface area contributed by atoms with Gasteiger partial charge in [0.2, 0.25) is 0 Å². The maximum absolute atomic E-state index is 13.3. The zero-order valence-electron chi connectivity index (χ0n) is 16.7. The lowest BCUT2D eigenvalue weighted by atomic mass is 10.1. The smallest absolute Gasteiger partial charge is 0.254 e. The third kappa shape index (κ3) is 6.06. The van der Waals surface area contributed by atoms with Gasteiger partial charge in [-0.25, -0.2) is 8.42 Å². The molecule has 1 atom stereocenters. The molecular weight excluding hydrogens is 454 g/mol. The number of hydrogen-bond donors (Lipinski definition) is 0. The summed E-state index contributed by atoms with van der Waals surface area (Å²) in [5.41, 5.74) is 1.48. The van der Waals surface area contributed by atoms with Crippen LogP contribution >= 0.6 is 15.9 Å². The van der Waals surface area contributed by atoms with Gasteiger partial charge in [0, 0.05) is 22.6 Å². The van der Waals surface area contributed by atoms with Gasteiger partial charge in [0.25, 0.3) is 5.91 Å². The fraction of sp³-hybridized carbons (Fsp3) is 0.409. The average molecular weight is 480 g/mol. The lowest BCUT2D eigenvalue weighted by Gasteiger charge is -2.28. The van der Waals surface area contributed by atoms with Crippen molar-refractivity contribution in [1.29, 1.82) is 0 Å². The number of nitrogens with zero attached hydrogens (tertiary/aromatic N) is 1. The van der Waals surface area contributed by atoms with Crippen LogP contribution in [0, 0.1) is 5.92 Å².